The molecule has 1 heterocycles. The van der Waals surface area contributed by atoms with Crippen molar-refractivity contribution in [3.63, 3.8) is 0 Å². The van der Waals surface area contributed by atoms with E-state index in [9.17, 15) is 9.90 Å². The van der Waals surface area contributed by atoms with Crippen LogP contribution in [0.4, 0.5) is 0 Å². The molecule has 1 N–H and O–H groups in total. The van der Waals surface area contributed by atoms with E-state index in [4.69, 9.17) is 27.9 Å². The van der Waals surface area contributed by atoms with Gasteiger partial charge in [-0.1, -0.05) is 89.9 Å². The summed E-state index contributed by atoms with van der Waals surface area (Å²) in [7, 11) is 0. The van der Waals surface area contributed by atoms with E-state index in [1.165, 1.54) is 11.8 Å². The van der Waals surface area contributed by atoms with E-state index >= 15 is 0 Å². The highest BCUT2D eigenvalue weighted by Crippen LogP contribution is 2.44. The maximum atomic E-state index is 13.0. The van der Waals surface area contributed by atoms with Gasteiger partial charge in [0.05, 0.1) is 16.5 Å². The molecule has 0 aliphatic carbocycles. The van der Waals surface area contributed by atoms with E-state index in [0.29, 0.717) is 28.6 Å². The standard InChI is InChI=1S/C26H22Cl2O3S/c27-21-12-11-18(15-22(21)28)13-14-26(20-9-5-2-6-10-20)16-23(29)24(25(30)31-26)32-17-19-7-3-1-4-8-19/h1-12,15,29H,13-14,16-17H2. The van der Waals surface area contributed by atoms with Gasteiger partial charge in [0.15, 0.2) is 0 Å². The van der Waals surface area contributed by atoms with Gasteiger partial charge in [-0.05, 0) is 41.7 Å². The summed E-state index contributed by atoms with van der Waals surface area (Å²) in [6, 6.07) is 24.9. The molecule has 1 atom stereocenters. The van der Waals surface area contributed by atoms with Crippen molar-refractivity contribution < 1.29 is 14.6 Å². The highest BCUT2D eigenvalue weighted by molar-refractivity contribution is 8.03. The predicted molar refractivity (Wildman–Crippen MR) is 131 cm³/mol. The Balaban J connectivity index is 1.59. The molecule has 0 bridgehead atoms. The van der Waals surface area contributed by atoms with Crippen molar-refractivity contribution in [2.75, 3.05) is 0 Å². The Morgan fingerprint density at radius 3 is 2.25 bits per heavy atom. The van der Waals surface area contributed by atoms with Gasteiger partial charge in [0.25, 0.3) is 0 Å². The maximum Gasteiger partial charge on any atom is 0.348 e. The number of benzene rings is 3. The van der Waals surface area contributed by atoms with Crippen LogP contribution in [0.15, 0.2) is 89.5 Å². The molecule has 0 saturated carbocycles. The summed E-state index contributed by atoms with van der Waals surface area (Å²) in [5.41, 5.74) is 1.96. The van der Waals surface area contributed by atoms with Crippen LogP contribution in [0.1, 0.15) is 29.5 Å². The van der Waals surface area contributed by atoms with Crippen LogP contribution >= 0.6 is 35.0 Å². The smallest absolute Gasteiger partial charge is 0.348 e. The van der Waals surface area contributed by atoms with E-state index in [-0.39, 0.29) is 17.1 Å². The molecule has 0 amide bonds. The third-order valence-electron chi connectivity index (χ3n) is 5.52. The maximum absolute atomic E-state index is 13.0. The van der Waals surface area contributed by atoms with E-state index in [0.717, 1.165) is 16.7 Å². The molecule has 4 rings (SSSR count). The Bertz CT molecular complexity index is 1130. The summed E-state index contributed by atoms with van der Waals surface area (Å²) >= 11 is 13.5. The van der Waals surface area contributed by atoms with Gasteiger partial charge < -0.3 is 9.84 Å². The number of esters is 1. The topological polar surface area (TPSA) is 46.5 Å². The molecule has 32 heavy (non-hydrogen) atoms. The van der Waals surface area contributed by atoms with E-state index in [1.807, 2.05) is 72.8 Å². The van der Waals surface area contributed by atoms with Crippen LogP contribution in [-0.2, 0) is 27.3 Å². The lowest BCUT2D eigenvalue weighted by atomic mass is 9.82. The highest BCUT2D eigenvalue weighted by atomic mass is 35.5. The zero-order valence-corrected chi connectivity index (χ0v) is 19.6. The second-order valence-electron chi connectivity index (χ2n) is 7.73. The third-order valence-corrected chi connectivity index (χ3v) is 7.42. The molecule has 0 fully saturated rings. The number of aryl methyl sites for hydroxylation is 1. The van der Waals surface area contributed by atoms with Crippen LogP contribution in [0, 0.1) is 0 Å². The molecule has 0 saturated heterocycles. The van der Waals surface area contributed by atoms with Crippen molar-refractivity contribution in [3.05, 3.63) is 116 Å². The van der Waals surface area contributed by atoms with E-state index < -0.39 is 11.6 Å². The molecule has 0 radical (unpaired) electrons. The Morgan fingerprint density at radius 1 is 0.906 bits per heavy atom. The second-order valence-corrected chi connectivity index (χ2v) is 9.53. The van der Waals surface area contributed by atoms with Crippen molar-refractivity contribution in [2.45, 2.75) is 30.6 Å². The zero-order valence-electron chi connectivity index (χ0n) is 17.3. The van der Waals surface area contributed by atoms with Crippen LogP contribution in [-0.4, -0.2) is 11.1 Å². The number of halogens is 2. The molecule has 0 spiro atoms. The fourth-order valence-electron chi connectivity index (χ4n) is 3.83. The molecular formula is C26H22Cl2O3S. The number of carbonyl (C=O) groups excluding carboxylic acids is 1. The molecule has 1 aliphatic rings. The highest BCUT2D eigenvalue weighted by Gasteiger charge is 2.43. The monoisotopic (exact) mass is 484 g/mol. The van der Waals surface area contributed by atoms with E-state index in [1.54, 1.807) is 6.07 Å². The molecule has 164 valence electrons. The summed E-state index contributed by atoms with van der Waals surface area (Å²) in [6.45, 7) is 0. The minimum Gasteiger partial charge on any atom is -0.511 e. The molecule has 1 unspecified atom stereocenters. The normalized spacial score (nSPS) is 18.5. The third kappa shape index (κ3) is 5.15. The van der Waals surface area contributed by atoms with Crippen LogP contribution in [0.5, 0.6) is 0 Å². The summed E-state index contributed by atoms with van der Waals surface area (Å²) in [5.74, 6) is 0.157. The average Bonchev–Trinajstić information content (AvgIpc) is 2.80. The summed E-state index contributed by atoms with van der Waals surface area (Å²) in [4.78, 5) is 13.3. The fourth-order valence-corrected chi connectivity index (χ4v) is 5.05. The quantitative estimate of drug-likeness (QED) is 0.353. The van der Waals surface area contributed by atoms with Crippen molar-refractivity contribution in [1.82, 2.24) is 0 Å². The molecule has 1 aliphatic heterocycles. The molecular weight excluding hydrogens is 463 g/mol. The zero-order chi connectivity index (χ0) is 22.6. The Kier molecular flexibility index (Phi) is 7.14. The van der Waals surface area contributed by atoms with Gasteiger partial charge >= 0.3 is 5.97 Å². The molecule has 6 heteroatoms. The Morgan fingerprint density at radius 2 is 1.59 bits per heavy atom. The van der Waals surface area contributed by atoms with Gasteiger partial charge in [0.2, 0.25) is 0 Å². The van der Waals surface area contributed by atoms with Crippen LogP contribution < -0.4 is 0 Å². The lowest BCUT2D eigenvalue weighted by Crippen LogP contribution is -2.38. The van der Waals surface area contributed by atoms with Crippen molar-refractivity contribution in [2.24, 2.45) is 0 Å². The minimum atomic E-state index is -0.953. The first-order chi connectivity index (χ1) is 15.5. The lowest BCUT2D eigenvalue weighted by molar-refractivity contribution is -0.160. The van der Waals surface area contributed by atoms with Crippen LogP contribution in [0.2, 0.25) is 10.0 Å². The number of carbonyl (C=O) groups is 1. The van der Waals surface area contributed by atoms with Gasteiger partial charge in [-0.3, -0.25) is 0 Å². The van der Waals surface area contributed by atoms with Crippen LogP contribution in [0.25, 0.3) is 0 Å². The molecule has 3 aromatic carbocycles. The fraction of sp³-hybridized carbons (Fsp3) is 0.192. The number of aliphatic hydroxyl groups excluding tert-OH is 1. The van der Waals surface area contributed by atoms with Crippen molar-refractivity contribution in [3.8, 4) is 0 Å². The number of cyclic esters (lactones) is 1. The predicted octanol–water partition coefficient (Wildman–Crippen LogP) is 7.47. The molecule has 3 aromatic rings. The van der Waals surface area contributed by atoms with Crippen molar-refractivity contribution in [1.29, 1.82) is 0 Å². The number of aliphatic hydroxyl groups is 1. The first-order valence-corrected chi connectivity index (χ1v) is 12.0. The summed E-state index contributed by atoms with van der Waals surface area (Å²) in [5, 5.41) is 11.9. The summed E-state index contributed by atoms with van der Waals surface area (Å²) in [6.07, 6.45) is 1.33. The number of hydrogen-bond acceptors (Lipinski definition) is 4. The van der Waals surface area contributed by atoms with Gasteiger partial charge in [0, 0.05) is 5.75 Å². The number of hydrogen-bond donors (Lipinski definition) is 1. The summed E-state index contributed by atoms with van der Waals surface area (Å²) < 4.78 is 6.07. The Labute approximate surface area is 202 Å². The first kappa shape index (κ1) is 22.8. The SMILES string of the molecule is O=C1OC(CCc2ccc(Cl)c(Cl)c2)(c2ccccc2)CC(O)=C1SCc1ccccc1. The lowest BCUT2D eigenvalue weighted by Gasteiger charge is -2.37. The number of thioether (sulfide) groups is 1. The van der Waals surface area contributed by atoms with Crippen molar-refractivity contribution >= 4 is 40.9 Å². The van der Waals surface area contributed by atoms with Gasteiger partial charge in [-0.25, -0.2) is 4.79 Å². The largest absolute Gasteiger partial charge is 0.511 e. The van der Waals surface area contributed by atoms with Crippen LogP contribution in [0.3, 0.4) is 0 Å². The Hall–Kier alpha value is -2.40. The average molecular weight is 485 g/mol. The van der Waals surface area contributed by atoms with Gasteiger partial charge in [0.1, 0.15) is 16.3 Å². The van der Waals surface area contributed by atoms with Gasteiger partial charge in [-0.15, -0.1) is 11.8 Å². The molecule has 3 nitrogen and oxygen atoms in total. The first-order valence-electron chi connectivity index (χ1n) is 10.3. The second kappa shape index (κ2) is 10.0. The minimum absolute atomic E-state index is 0.0696. The number of rotatable bonds is 7. The molecule has 0 aromatic heterocycles. The van der Waals surface area contributed by atoms with E-state index in [2.05, 4.69) is 0 Å². The van der Waals surface area contributed by atoms with Gasteiger partial charge in [-0.2, -0.15) is 0 Å². The number of ether oxygens (including phenoxy) is 1.